The molecule has 2 N–H and O–H groups in total. The Labute approximate surface area is 119 Å². The number of esters is 1. The number of carbonyl (C=O) groups excluding carboxylic acids is 1. The van der Waals surface area contributed by atoms with E-state index in [9.17, 15) is 13.2 Å². The van der Waals surface area contributed by atoms with Crippen LogP contribution in [-0.2, 0) is 19.6 Å². The topological polar surface area (TPSA) is 89.7 Å². The number of hydrogen-bond acceptors (Lipinski definition) is 5. The molecule has 0 spiro atoms. The molecule has 0 aliphatic rings. The molecule has 0 bridgehead atoms. The maximum Gasteiger partial charge on any atom is 0.305 e. The summed E-state index contributed by atoms with van der Waals surface area (Å²) < 4.78 is 30.4. The molecule has 1 rings (SSSR count). The summed E-state index contributed by atoms with van der Waals surface area (Å²) in [4.78, 5) is 11.0. The molecule has 0 aliphatic heterocycles. The quantitative estimate of drug-likeness (QED) is 0.607. The third-order valence-electron chi connectivity index (χ3n) is 2.84. The summed E-state index contributed by atoms with van der Waals surface area (Å²) in [6, 6.07) is 6.80. The summed E-state index contributed by atoms with van der Waals surface area (Å²) in [6.07, 6.45) is 0.301. The predicted molar refractivity (Wildman–Crippen MR) is 78.9 cm³/mol. The molecular weight excluding hydrogens is 280 g/mol. The van der Waals surface area contributed by atoms with E-state index in [0.29, 0.717) is 11.4 Å². The van der Waals surface area contributed by atoms with Gasteiger partial charge in [-0.05, 0) is 25.5 Å². The van der Waals surface area contributed by atoms with Crippen LogP contribution >= 0.6 is 0 Å². The van der Waals surface area contributed by atoms with E-state index in [4.69, 9.17) is 5.73 Å². The minimum atomic E-state index is -3.51. The van der Waals surface area contributed by atoms with Crippen LogP contribution in [0.3, 0.4) is 0 Å². The fourth-order valence-corrected chi connectivity index (χ4v) is 3.43. The minimum Gasteiger partial charge on any atom is -0.469 e. The van der Waals surface area contributed by atoms with Gasteiger partial charge in [0.25, 0.3) is 0 Å². The van der Waals surface area contributed by atoms with Crippen LogP contribution in [0, 0.1) is 0 Å². The van der Waals surface area contributed by atoms with Crippen molar-refractivity contribution in [2.75, 3.05) is 29.4 Å². The van der Waals surface area contributed by atoms with E-state index in [1.165, 1.54) is 11.4 Å². The minimum absolute atomic E-state index is 0.0809. The van der Waals surface area contributed by atoms with Gasteiger partial charge in [-0.2, -0.15) is 0 Å². The lowest BCUT2D eigenvalue weighted by molar-refractivity contribution is -0.140. The van der Waals surface area contributed by atoms with E-state index >= 15 is 0 Å². The van der Waals surface area contributed by atoms with Gasteiger partial charge < -0.3 is 10.5 Å². The van der Waals surface area contributed by atoms with Gasteiger partial charge in [-0.1, -0.05) is 12.1 Å². The molecular formula is C13H20N2O4S. The zero-order valence-corrected chi connectivity index (χ0v) is 12.5. The van der Waals surface area contributed by atoms with Crippen molar-refractivity contribution < 1.29 is 17.9 Å². The number of hydrogen-bond donors (Lipinski definition) is 1. The van der Waals surface area contributed by atoms with E-state index in [1.54, 1.807) is 31.2 Å². The van der Waals surface area contributed by atoms with Crippen LogP contribution in [0.15, 0.2) is 24.3 Å². The predicted octanol–water partition coefficient (Wildman–Crippen LogP) is 1.38. The van der Waals surface area contributed by atoms with E-state index in [1.807, 2.05) is 0 Å². The van der Waals surface area contributed by atoms with Gasteiger partial charge in [0.2, 0.25) is 10.0 Å². The number of para-hydroxylation sites is 2. The smallest absolute Gasteiger partial charge is 0.305 e. The van der Waals surface area contributed by atoms with Crippen LogP contribution in [0.4, 0.5) is 11.4 Å². The summed E-state index contributed by atoms with van der Waals surface area (Å²) in [7, 11) is -2.23. The summed E-state index contributed by atoms with van der Waals surface area (Å²) in [5.41, 5.74) is 6.69. The number of carbonyl (C=O) groups is 1. The standard InChI is InChI=1S/C13H20N2O4S/c1-3-15(12-8-5-4-7-11(12)14)20(17,18)10-6-9-13(16)19-2/h4-5,7-8H,3,6,9-10,14H2,1-2H3. The van der Waals surface area contributed by atoms with Crippen LogP contribution in [0.1, 0.15) is 19.8 Å². The van der Waals surface area contributed by atoms with Gasteiger partial charge in [0.15, 0.2) is 0 Å². The zero-order chi connectivity index (χ0) is 15.2. The molecule has 1 aromatic carbocycles. The highest BCUT2D eigenvalue weighted by atomic mass is 32.2. The molecule has 20 heavy (non-hydrogen) atoms. The molecule has 0 unspecified atom stereocenters. The van der Waals surface area contributed by atoms with E-state index in [0.717, 1.165) is 0 Å². The maximum atomic E-state index is 12.3. The van der Waals surface area contributed by atoms with Gasteiger partial charge in [0, 0.05) is 13.0 Å². The van der Waals surface area contributed by atoms with Crippen molar-refractivity contribution in [3.63, 3.8) is 0 Å². The summed E-state index contributed by atoms with van der Waals surface area (Å²) >= 11 is 0. The third kappa shape index (κ3) is 4.12. The number of benzene rings is 1. The van der Waals surface area contributed by atoms with Crippen molar-refractivity contribution in [2.24, 2.45) is 0 Å². The second-order valence-electron chi connectivity index (χ2n) is 4.22. The zero-order valence-electron chi connectivity index (χ0n) is 11.7. The fourth-order valence-electron chi connectivity index (χ4n) is 1.84. The molecule has 7 heteroatoms. The normalized spacial score (nSPS) is 11.1. The molecule has 0 saturated heterocycles. The number of ether oxygens (including phenoxy) is 1. The van der Waals surface area contributed by atoms with Crippen LogP contribution in [0.25, 0.3) is 0 Å². The van der Waals surface area contributed by atoms with Gasteiger partial charge in [0.05, 0.1) is 24.2 Å². The molecule has 0 fully saturated rings. The van der Waals surface area contributed by atoms with Crippen LogP contribution in [-0.4, -0.2) is 33.8 Å². The first-order chi connectivity index (χ1) is 9.42. The summed E-state index contributed by atoms with van der Waals surface area (Å²) in [5, 5.41) is 0. The Morgan fingerprint density at radius 3 is 2.55 bits per heavy atom. The Balaban J connectivity index is 2.83. The fraction of sp³-hybridized carbons (Fsp3) is 0.462. The Kier molecular flexibility index (Phi) is 5.82. The molecule has 0 aliphatic carbocycles. The first-order valence-electron chi connectivity index (χ1n) is 6.34. The lowest BCUT2D eigenvalue weighted by Gasteiger charge is -2.24. The Hall–Kier alpha value is -1.76. The third-order valence-corrected chi connectivity index (χ3v) is 4.77. The first kappa shape index (κ1) is 16.3. The number of rotatable bonds is 7. The van der Waals surface area contributed by atoms with Crippen molar-refractivity contribution in [1.82, 2.24) is 0 Å². The number of anilines is 2. The highest BCUT2D eigenvalue weighted by Crippen LogP contribution is 2.25. The van der Waals surface area contributed by atoms with E-state index < -0.39 is 16.0 Å². The second-order valence-corrected chi connectivity index (χ2v) is 6.23. The van der Waals surface area contributed by atoms with Crippen molar-refractivity contribution >= 4 is 27.4 Å². The molecule has 0 heterocycles. The lowest BCUT2D eigenvalue weighted by Crippen LogP contribution is -2.33. The Morgan fingerprint density at radius 1 is 1.35 bits per heavy atom. The van der Waals surface area contributed by atoms with Gasteiger partial charge in [-0.3, -0.25) is 9.10 Å². The Morgan fingerprint density at radius 2 is 2.00 bits per heavy atom. The summed E-state index contributed by atoms with van der Waals surface area (Å²) in [5.74, 6) is -0.535. The highest BCUT2D eigenvalue weighted by molar-refractivity contribution is 7.92. The number of nitrogens with zero attached hydrogens (tertiary/aromatic N) is 1. The van der Waals surface area contributed by atoms with Crippen molar-refractivity contribution in [2.45, 2.75) is 19.8 Å². The van der Waals surface area contributed by atoms with Crippen molar-refractivity contribution in [3.8, 4) is 0 Å². The van der Waals surface area contributed by atoms with Gasteiger partial charge >= 0.3 is 5.97 Å². The monoisotopic (exact) mass is 300 g/mol. The molecule has 0 aromatic heterocycles. The summed E-state index contributed by atoms with van der Waals surface area (Å²) in [6.45, 7) is 2.03. The number of sulfonamides is 1. The van der Waals surface area contributed by atoms with Gasteiger partial charge in [-0.25, -0.2) is 8.42 Å². The van der Waals surface area contributed by atoms with Crippen LogP contribution in [0.2, 0.25) is 0 Å². The van der Waals surface area contributed by atoms with Crippen molar-refractivity contribution in [1.29, 1.82) is 0 Å². The SMILES string of the molecule is CCN(c1ccccc1N)S(=O)(=O)CCCC(=O)OC. The molecule has 6 nitrogen and oxygen atoms in total. The number of nitrogens with two attached hydrogens (primary N) is 1. The van der Waals surface area contributed by atoms with Gasteiger partial charge in [-0.15, -0.1) is 0 Å². The molecule has 112 valence electrons. The maximum absolute atomic E-state index is 12.3. The number of nitrogen functional groups attached to an aromatic ring is 1. The average Bonchev–Trinajstić information content (AvgIpc) is 2.41. The molecule has 0 saturated carbocycles. The highest BCUT2D eigenvalue weighted by Gasteiger charge is 2.22. The molecule has 1 aromatic rings. The van der Waals surface area contributed by atoms with Crippen LogP contribution < -0.4 is 10.0 Å². The number of methoxy groups -OCH3 is 1. The van der Waals surface area contributed by atoms with Gasteiger partial charge in [0.1, 0.15) is 0 Å². The van der Waals surface area contributed by atoms with E-state index in [2.05, 4.69) is 4.74 Å². The van der Waals surface area contributed by atoms with Crippen LogP contribution in [0.5, 0.6) is 0 Å². The molecule has 0 atom stereocenters. The molecule has 0 amide bonds. The molecule has 0 radical (unpaired) electrons. The average molecular weight is 300 g/mol. The lowest BCUT2D eigenvalue weighted by atomic mass is 10.3. The largest absolute Gasteiger partial charge is 0.469 e. The first-order valence-corrected chi connectivity index (χ1v) is 7.95. The Bertz CT molecular complexity index is 557. The van der Waals surface area contributed by atoms with E-state index in [-0.39, 0.29) is 25.1 Å². The van der Waals surface area contributed by atoms with Crippen molar-refractivity contribution in [3.05, 3.63) is 24.3 Å². The second kappa shape index (κ2) is 7.14.